The molecule has 1 aliphatic heterocycles. The fourth-order valence-electron chi connectivity index (χ4n) is 2.19. The SMILES string of the molecule is COC(CN)CC(=O)N1CCC(OCC(C)C)CC1.Cl. The summed E-state index contributed by atoms with van der Waals surface area (Å²) in [5.41, 5.74) is 5.54. The van der Waals surface area contributed by atoms with Gasteiger partial charge in [0.15, 0.2) is 0 Å². The Bertz CT molecular complexity index is 265. The number of rotatable bonds is 7. The minimum Gasteiger partial charge on any atom is -0.380 e. The van der Waals surface area contributed by atoms with E-state index in [0.717, 1.165) is 32.5 Å². The summed E-state index contributed by atoms with van der Waals surface area (Å²) in [4.78, 5) is 13.9. The van der Waals surface area contributed by atoms with Crippen LogP contribution in [0.5, 0.6) is 0 Å². The zero-order valence-electron chi connectivity index (χ0n) is 12.8. The Kier molecular flexibility index (Phi) is 10.2. The van der Waals surface area contributed by atoms with E-state index in [4.69, 9.17) is 15.2 Å². The van der Waals surface area contributed by atoms with Gasteiger partial charge in [-0.2, -0.15) is 0 Å². The number of nitrogens with two attached hydrogens (primary N) is 1. The van der Waals surface area contributed by atoms with Gasteiger partial charge in [-0.1, -0.05) is 13.8 Å². The highest BCUT2D eigenvalue weighted by Gasteiger charge is 2.24. The number of carbonyl (C=O) groups is 1. The standard InChI is InChI=1S/C14H28N2O3.ClH/c1-11(2)10-19-12-4-6-16(7-5-12)14(17)8-13(9-15)18-3;/h11-13H,4-10,15H2,1-3H3;1H. The first-order valence-electron chi connectivity index (χ1n) is 7.19. The smallest absolute Gasteiger partial charge is 0.225 e. The van der Waals surface area contributed by atoms with Crippen molar-refractivity contribution < 1.29 is 14.3 Å². The fourth-order valence-corrected chi connectivity index (χ4v) is 2.19. The van der Waals surface area contributed by atoms with E-state index in [2.05, 4.69) is 13.8 Å². The van der Waals surface area contributed by atoms with Crippen LogP contribution in [0.1, 0.15) is 33.1 Å². The largest absolute Gasteiger partial charge is 0.380 e. The number of halogens is 1. The topological polar surface area (TPSA) is 64.8 Å². The van der Waals surface area contributed by atoms with E-state index in [1.54, 1.807) is 7.11 Å². The van der Waals surface area contributed by atoms with Crippen LogP contribution in [0.15, 0.2) is 0 Å². The molecule has 6 heteroatoms. The molecule has 1 fully saturated rings. The van der Waals surface area contributed by atoms with Crippen LogP contribution in [0.25, 0.3) is 0 Å². The van der Waals surface area contributed by atoms with Crippen LogP contribution in [-0.2, 0) is 14.3 Å². The normalized spacial score (nSPS) is 17.9. The first-order chi connectivity index (χ1) is 9.06. The van der Waals surface area contributed by atoms with Crippen molar-refractivity contribution in [2.75, 3.05) is 33.4 Å². The number of likely N-dealkylation sites (tertiary alicyclic amines) is 1. The second kappa shape index (κ2) is 10.4. The van der Waals surface area contributed by atoms with Crippen molar-refractivity contribution in [2.24, 2.45) is 11.7 Å². The molecule has 1 atom stereocenters. The number of ether oxygens (including phenoxy) is 2. The summed E-state index contributed by atoms with van der Waals surface area (Å²) in [6.45, 7) is 7.05. The molecule has 0 aromatic heterocycles. The minimum absolute atomic E-state index is 0. The molecule has 5 nitrogen and oxygen atoms in total. The van der Waals surface area contributed by atoms with E-state index in [-0.39, 0.29) is 24.4 Å². The molecule has 2 N–H and O–H groups in total. The van der Waals surface area contributed by atoms with Crippen LogP contribution in [-0.4, -0.2) is 56.4 Å². The van der Waals surface area contributed by atoms with E-state index in [9.17, 15) is 4.79 Å². The van der Waals surface area contributed by atoms with Gasteiger partial charge in [-0.05, 0) is 18.8 Å². The van der Waals surface area contributed by atoms with Crippen LogP contribution < -0.4 is 5.73 Å². The first kappa shape index (κ1) is 19.6. The monoisotopic (exact) mass is 308 g/mol. The summed E-state index contributed by atoms with van der Waals surface area (Å²) < 4.78 is 11.0. The highest BCUT2D eigenvalue weighted by atomic mass is 35.5. The molecule has 1 rings (SSSR count). The van der Waals surface area contributed by atoms with Gasteiger partial charge in [0.2, 0.25) is 5.91 Å². The van der Waals surface area contributed by atoms with E-state index in [1.807, 2.05) is 4.90 Å². The van der Waals surface area contributed by atoms with Crippen molar-refractivity contribution in [3.05, 3.63) is 0 Å². The van der Waals surface area contributed by atoms with Crippen LogP contribution in [0.4, 0.5) is 0 Å². The van der Waals surface area contributed by atoms with Crippen LogP contribution in [0, 0.1) is 5.92 Å². The molecule has 0 radical (unpaired) electrons. The van der Waals surface area contributed by atoms with Crippen LogP contribution in [0.2, 0.25) is 0 Å². The van der Waals surface area contributed by atoms with Crippen molar-refractivity contribution in [3.63, 3.8) is 0 Å². The number of methoxy groups -OCH3 is 1. The third kappa shape index (κ3) is 6.88. The lowest BCUT2D eigenvalue weighted by Gasteiger charge is -2.33. The van der Waals surface area contributed by atoms with Gasteiger partial charge < -0.3 is 20.1 Å². The van der Waals surface area contributed by atoms with Crippen molar-refractivity contribution in [1.29, 1.82) is 0 Å². The Hall–Kier alpha value is -0.360. The maximum absolute atomic E-state index is 12.0. The molecule has 1 saturated heterocycles. The van der Waals surface area contributed by atoms with Gasteiger partial charge in [0.25, 0.3) is 0 Å². The lowest BCUT2D eigenvalue weighted by Crippen LogP contribution is -2.43. The molecule has 1 amide bonds. The number of hydrogen-bond acceptors (Lipinski definition) is 4. The Morgan fingerprint density at radius 3 is 2.40 bits per heavy atom. The van der Waals surface area contributed by atoms with Gasteiger partial charge >= 0.3 is 0 Å². The summed E-state index contributed by atoms with van der Waals surface area (Å²) in [7, 11) is 1.59. The molecule has 0 spiro atoms. The summed E-state index contributed by atoms with van der Waals surface area (Å²) in [6, 6.07) is 0. The van der Waals surface area contributed by atoms with Crippen LogP contribution >= 0.6 is 12.4 Å². The molecule has 0 aliphatic carbocycles. The van der Waals surface area contributed by atoms with Gasteiger partial charge in [-0.3, -0.25) is 4.79 Å². The fraction of sp³-hybridized carbons (Fsp3) is 0.929. The maximum Gasteiger partial charge on any atom is 0.225 e. The minimum atomic E-state index is -0.164. The number of carbonyl (C=O) groups excluding carboxylic acids is 1. The molecule has 0 bridgehead atoms. The lowest BCUT2D eigenvalue weighted by molar-refractivity contribution is -0.136. The molecule has 0 aromatic rings. The first-order valence-corrected chi connectivity index (χ1v) is 7.19. The second-order valence-electron chi connectivity index (χ2n) is 5.60. The Labute approximate surface area is 128 Å². The zero-order valence-corrected chi connectivity index (χ0v) is 13.7. The van der Waals surface area contributed by atoms with E-state index in [0.29, 0.717) is 25.0 Å². The second-order valence-corrected chi connectivity index (χ2v) is 5.60. The summed E-state index contributed by atoms with van der Waals surface area (Å²) in [5.74, 6) is 0.700. The average Bonchev–Trinajstić information content (AvgIpc) is 2.42. The van der Waals surface area contributed by atoms with Gasteiger partial charge in [-0.25, -0.2) is 0 Å². The molecule has 1 aliphatic rings. The van der Waals surface area contributed by atoms with Gasteiger partial charge in [0, 0.05) is 33.4 Å². The van der Waals surface area contributed by atoms with Gasteiger partial charge in [0.05, 0.1) is 18.6 Å². The Morgan fingerprint density at radius 2 is 1.95 bits per heavy atom. The van der Waals surface area contributed by atoms with Crippen LogP contribution in [0.3, 0.4) is 0 Å². The summed E-state index contributed by atoms with van der Waals surface area (Å²) in [6.07, 6.45) is 2.38. The molecule has 1 heterocycles. The molecule has 20 heavy (non-hydrogen) atoms. The Morgan fingerprint density at radius 1 is 1.35 bits per heavy atom. The summed E-state index contributed by atoms with van der Waals surface area (Å²) in [5, 5.41) is 0. The number of piperidine rings is 1. The van der Waals surface area contributed by atoms with Crippen molar-refractivity contribution in [3.8, 4) is 0 Å². The summed E-state index contributed by atoms with van der Waals surface area (Å²) >= 11 is 0. The molecule has 120 valence electrons. The zero-order chi connectivity index (χ0) is 14.3. The molecular formula is C14H29ClN2O3. The highest BCUT2D eigenvalue weighted by Crippen LogP contribution is 2.16. The highest BCUT2D eigenvalue weighted by molar-refractivity contribution is 5.85. The quantitative estimate of drug-likeness (QED) is 0.773. The van der Waals surface area contributed by atoms with E-state index >= 15 is 0 Å². The predicted octanol–water partition coefficient (Wildman–Crippen LogP) is 1.44. The third-order valence-electron chi connectivity index (χ3n) is 3.46. The Balaban J connectivity index is 0.00000361. The maximum atomic E-state index is 12.0. The molecular weight excluding hydrogens is 280 g/mol. The van der Waals surface area contributed by atoms with E-state index in [1.165, 1.54) is 0 Å². The molecule has 1 unspecified atom stereocenters. The number of nitrogens with zero attached hydrogens (tertiary/aromatic N) is 1. The predicted molar refractivity (Wildman–Crippen MR) is 82.1 cm³/mol. The van der Waals surface area contributed by atoms with Gasteiger partial charge in [0.1, 0.15) is 0 Å². The number of amides is 1. The molecule has 0 aromatic carbocycles. The average molecular weight is 309 g/mol. The van der Waals surface area contributed by atoms with Gasteiger partial charge in [-0.15, -0.1) is 12.4 Å². The van der Waals surface area contributed by atoms with Crippen molar-refractivity contribution in [1.82, 2.24) is 4.90 Å². The van der Waals surface area contributed by atoms with E-state index < -0.39 is 0 Å². The third-order valence-corrected chi connectivity index (χ3v) is 3.46. The lowest BCUT2D eigenvalue weighted by atomic mass is 10.1. The van der Waals surface area contributed by atoms with Crippen molar-refractivity contribution in [2.45, 2.75) is 45.3 Å². The van der Waals surface area contributed by atoms with Crippen molar-refractivity contribution >= 4 is 18.3 Å². The number of hydrogen-bond donors (Lipinski definition) is 1. The molecule has 0 saturated carbocycles.